The summed E-state index contributed by atoms with van der Waals surface area (Å²) in [7, 11) is 0.925. The van der Waals surface area contributed by atoms with Crippen LogP contribution in [0.2, 0.25) is 0 Å². The fraction of sp³-hybridized carbons (Fsp3) is 0. The lowest BCUT2D eigenvalue weighted by atomic mass is 10.3. The minimum atomic E-state index is -4.16. The largest absolute Gasteiger partial charge is 0.291 e. The molecule has 0 aliphatic heterocycles. The number of rotatable bonds is 2. The Morgan fingerprint density at radius 1 is 1.33 bits per heavy atom. The fourth-order valence-corrected chi connectivity index (χ4v) is 4.21. The van der Waals surface area contributed by atoms with Gasteiger partial charge >= 0.3 is 0 Å². The first-order valence-electron chi connectivity index (χ1n) is 3.31. The molecule has 1 aromatic rings. The highest BCUT2D eigenvalue weighted by Crippen LogP contribution is 2.36. The van der Waals surface area contributed by atoms with Crippen LogP contribution in [0.4, 0.5) is 5.69 Å². The van der Waals surface area contributed by atoms with Crippen molar-refractivity contribution in [3.8, 4) is 0 Å². The topological polar surface area (TPSA) is 77.3 Å². The molecular formula is C6H2Br2ClNO4S. The first-order valence-corrected chi connectivity index (χ1v) is 7.21. The van der Waals surface area contributed by atoms with Crippen LogP contribution in [-0.4, -0.2) is 13.3 Å². The molecule has 0 bridgehead atoms. The van der Waals surface area contributed by atoms with Crippen LogP contribution in [0.1, 0.15) is 0 Å². The first-order chi connectivity index (χ1) is 6.73. The molecule has 15 heavy (non-hydrogen) atoms. The third-order valence-corrected chi connectivity index (χ3v) is 4.15. The maximum absolute atomic E-state index is 11.1. The molecule has 0 atom stereocenters. The van der Waals surface area contributed by atoms with Crippen molar-refractivity contribution in [2.24, 2.45) is 0 Å². The third kappa shape index (κ3) is 2.90. The van der Waals surface area contributed by atoms with Gasteiger partial charge in [0.25, 0.3) is 14.7 Å². The molecule has 0 N–H and O–H groups in total. The first kappa shape index (κ1) is 12.9. The number of halogens is 3. The summed E-state index contributed by atoms with van der Waals surface area (Å²) in [6.07, 6.45) is 0. The number of hydrogen-bond acceptors (Lipinski definition) is 4. The second kappa shape index (κ2) is 4.36. The number of hydrogen-bond donors (Lipinski definition) is 0. The van der Waals surface area contributed by atoms with Crippen LogP contribution in [0.15, 0.2) is 26.0 Å². The Morgan fingerprint density at radius 3 is 2.27 bits per heavy atom. The monoisotopic (exact) mass is 377 g/mol. The van der Waals surface area contributed by atoms with E-state index in [1.165, 1.54) is 6.07 Å². The maximum Gasteiger partial charge on any atom is 0.291 e. The SMILES string of the molecule is O=[N+]([O-])c1cc(Br)cc(Br)c1S(=O)(=O)Cl. The average Bonchev–Trinajstić information content (AvgIpc) is 1.99. The van der Waals surface area contributed by atoms with E-state index in [-0.39, 0.29) is 4.47 Å². The van der Waals surface area contributed by atoms with Crippen molar-refractivity contribution >= 4 is 57.3 Å². The zero-order chi connectivity index (χ0) is 11.8. The van der Waals surface area contributed by atoms with Gasteiger partial charge in [-0.3, -0.25) is 10.1 Å². The van der Waals surface area contributed by atoms with Crippen molar-refractivity contribution in [3.63, 3.8) is 0 Å². The van der Waals surface area contributed by atoms with Gasteiger partial charge in [-0.2, -0.15) is 0 Å². The van der Waals surface area contributed by atoms with E-state index in [2.05, 4.69) is 31.9 Å². The molecule has 0 unspecified atom stereocenters. The van der Waals surface area contributed by atoms with Gasteiger partial charge in [0.1, 0.15) is 0 Å². The van der Waals surface area contributed by atoms with Crippen molar-refractivity contribution in [1.29, 1.82) is 0 Å². The Hall–Kier alpha value is -0.180. The summed E-state index contributed by atoms with van der Waals surface area (Å²) in [4.78, 5) is 9.25. The number of nitro groups is 1. The Kier molecular flexibility index (Phi) is 3.75. The third-order valence-electron chi connectivity index (χ3n) is 1.43. The molecule has 0 aromatic heterocycles. The van der Waals surface area contributed by atoms with E-state index < -0.39 is 24.6 Å². The predicted molar refractivity (Wildman–Crippen MR) is 61.5 cm³/mol. The van der Waals surface area contributed by atoms with E-state index in [0.29, 0.717) is 4.47 Å². The van der Waals surface area contributed by atoms with Gasteiger partial charge in [0.05, 0.1) is 4.92 Å². The van der Waals surface area contributed by atoms with Crippen LogP contribution in [0.25, 0.3) is 0 Å². The van der Waals surface area contributed by atoms with Gasteiger partial charge in [-0.05, 0) is 22.0 Å². The smallest absolute Gasteiger partial charge is 0.258 e. The Morgan fingerprint density at radius 2 is 1.87 bits per heavy atom. The van der Waals surface area contributed by atoms with Crippen LogP contribution < -0.4 is 0 Å². The molecule has 9 heteroatoms. The van der Waals surface area contributed by atoms with Gasteiger partial charge in [-0.1, -0.05) is 15.9 Å². The van der Waals surface area contributed by atoms with E-state index in [9.17, 15) is 18.5 Å². The zero-order valence-corrected chi connectivity index (χ0v) is 11.5. The van der Waals surface area contributed by atoms with Crippen molar-refractivity contribution in [3.05, 3.63) is 31.2 Å². The fourth-order valence-electron chi connectivity index (χ4n) is 0.924. The van der Waals surface area contributed by atoms with Gasteiger partial charge < -0.3 is 0 Å². The maximum atomic E-state index is 11.1. The summed E-state index contributed by atoms with van der Waals surface area (Å²) in [5, 5.41) is 10.6. The van der Waals surface area contributed by atoms with Gasteiger partial charge in [0.15, 0.2) is 4.90 Å². The van der Waals surface area contributed by atoms with E-state index in [4.69, 9.17) is 10.7 Å². The highest BCUT2D eigenvalue weighted by atomic mass is 79.9. The predicted octanol–water partition coefficient (Wildman–Crippen LogP) is 3.05. The normalized spacial score (nSPS) is 11.4. The quantitative estimate of drug-likeness (QED) is 0.450. The molecule has 1 aromatic carbocycles. The highest BCUT2D eigenvalue weighted by molar-refractivity contribution is 9.11. The summed E-state index contributed by atoms with van der Waals surface area (Å²) < 4.78 is 22.6. The van der Waals surface area contributed by atoms with Crippen LogP contribution in [-0.2, 0) is 9.05 Å². The molecule has 0 heterocycles. The molecule has 5 nitrogen and oxygen atoms in total. The lowest BCUT2D eigenvalue weighted by Gasteiger charge is -2.02. The molecule has 0 amide bonds. The van der Waals surface area contributed by atoms with Crippen LogP contribution in [0, 0.1) is 10.1 Å². The minimum Gasteiger partial charge on any atom is -0.258 e. The Bertz CT molecular complexity index is 530. The van der Waals surface area contributed by atoms with Crippen LogP contribution in [0.5, 0.6) is 0 Å². The summed E-state index contributed by atoms with van der Waals surface area (Å²) in [6, 6.07) is 2.43. The lowest BCUT2D eigenvalue weighted by molar-refractivity contribution is -0.388. The number of benzene rings is 1. The van der Waals surface area contributed by atoms with Gasteiger partial charge in [0.2, 0.25) is 0 Å². The molecule has 0 radical (unpaired) electrons. The van der Waals surface area contributed by atoms with Gasteiger partial charge in [-0.25, -0.2) is 8.42 Å². The van der Waals surface area contributed by atoms with Crippen molar-refractivity contribution < 1.29 is 13.3 Å². The number of nitrogens with zero attached hydrogens (tertiary/aromatic N) is 1. The molecular weight excluding hydrogens is 377 g/mol. The molecule has 0 spiro atoms. The summed E-state index contributed by atoms with van der Waals surface area (Å²) in [6.45, 7) is 0. The van der Waals surface area contributed by atoms with Crippen LogP contribution >= 0.6 is 42.5 Å². The summed E-state index contributed by atoms with van der Waals surface area (Å²) in [5.74, 6) is 0. The molecule has 0 saturated carbocycles. The van der Waals surface area contributed by atoms with Gasteiger partial charge in [-0.15, -0.1) is 0 Å². The van der Waals surface area contributed by atoms with Crippen LogP contribution in [0.3, 0.4) is 0 Å². The van der Waals surface area contributed by atoms with Crippen molar-refractivity contribution in [1.82, 2.24) is 0 Å². The molecule has 0 aliphatic rings. The second-order valence-corrected chi connectivity index (χ2v) is 6.70. The molecule has 82 valence electrons. The lowest BCUT2D eigenvalue weighted by Crippen LogP contribution is -2.00. The van der Waals surface area contributed by atoms with E-state index in [1.54, 1.807) is 0 Å². The minimum absolute atomic E-state index is 0.0403. The Balaban J connectivity index is 3.70. The molecule has 1 rings (SSSR count). The summed E-state index contributed by atoms with van der Waals surface area (Å²) in [5.41, 5.74) is -0.578. The highest BCUT2D eigenvalue weighted by Gasteiger charge is 2.27. The molecule has 0 aliphatic carbocycles. The van der Waals surface area contributed by atoms with E-state index in [1.807, 2.05) is 0 Å². The van der Waals surface area contributed by atoms with Gasteiger partial charge in [0, 0.05) is 25.7 Å². The standard InChI is InChI=1S/C6H2Br2ClNO4S/c7-3-1-4(8)6(15(9,13)14)5(2-3)10(11)12/h1-2H. The summed E-state index contributed by atoms with van der Waals surface area (Å²) >= 11 is 5.91. The molecule has 0 saturated heterocycles. The second-order valence-electron chi connectivity index (χ2n) is 2.43. The van der Waals surface area contributed by atoms with Crippen molar-refractivity contribution in [2.75, 3.05) is 0 Å². The molecule has 0 fully saturated rings. The van der Waals surface area contributed by atoms with Crippen molar-refractivity contribution in [2.45, 2.75) is 4.90 Å². The van der Waals surface area contributed by atoms with E-state index >= 15 is 0 Å². The van der Waals surface area contributed by atoms with E-state index in [0.717, 1.165) is 6.07 Å². The zero-order valence-electron chi connectivity index (χ0n) is 6.78. The Labute approximate surface area is 106 Å². The average molecular weight is 379 g/mol. The number of nitro benzene ring substituents is 1.